The highest BCUT2D eigenvalue weighted by Gasteiger charge is 2.25. The van der Waals surface area contributed by atoms with Gasteiger partial charge in [0.2, 0.25) is 0 Å². The standard InChI is InChI=1S/C21H25ClN4O2S2.ClH/c1-13-16(22)5-6-17-18(13)24-21(30-17)26(8-4-7-25-9-11-28-12-10-25)20(27)19-14(2)23-15(3)29-19;/h5-6H,4,7-12H2,1-3H3;1H. The van der Waals surface area contributed by atoms with Crippen molar-refractivity contribution in [2.75, 3.05) is 44.3 Å². The number of carbonyl (C=O) groups is 1. The Balaban J connectivity index is 0.00000272. The Morgan fingerprint density at radius 2 is 1.94 bits per heavy atom. The van der Waals surface area contributed by atoms with Crippen LogP contribution in [0.1, 0.15) is 32.4 Å². The van der Waals surface area contributed by atoms with E-state index >= 15 is 0 Å². The van der Waals surface area contributed by atoms with Gasteiger partial charge in [-0.15, -0.1) is 23.7 Å². The molecule has 1 aromatic carbocycles. The van der Waals surface area contributed by atoms with E-state index in [4.69, 9.17) is 21.3 Å². The van der Waals surface area contributed by atoms with Crippen LogP contribution < -0.4 is 4.90 Å². The lowest BCUT2D eigenvalue weighted by molar-refractivity contribution is 0.0376. The second-order valence-corrected chi connectivity index (χ2v) is 10.0. The number of halogens is 2. The SMILES string of the molecule is Cc1nc(C)c(C(=O)N(CCCN2CCOCC2)c2nc3c(C)c(Cl)ccc3s2)s1.Cl. The predicted octanol–water partition coefficient (Wildman–Crippen LogP) is 5.12. The highest BCUT2D eigenvalue weighted by atomic mass is 35.5. The van der Waals surface area contributed by atoms with E-state index in [1.54, 1.807) is 0 Å². The summed E-state index contributed by atoms with van der Waals surface area (Å²) in [6.45, 7) is 10.8. The molecule has 0 aliphatic carbocycles. The molecule has 0 bridgehead atoms. The molecule has 31 heavy (non-hydrogen) atoms. The van der Waals surface area contributed by atoms with Crippen molar-refractivity contribution < 1.29 is 9.53 Å². The molecule has 0 saturated carbocycles. The zero-order valence-electron chi connectivity index (χ0n) is 17.8. The maximum atomic E-state index is 13.5. The quantitative estimate of drug-likeness (QED) is 0.469. The van der Waals surface area contributed by atoms with Crippen LogP contribution in [-0.2, 0) is 4.74 Å². The molecule has 1 amide bonds. The molecule has 2 aromatic heterocycles. The van der Waals surface area contributed by atoms with E-state index in [1.807, 2.05) is 37.8 Å². The van der Waals surface area contributed by atoms with E-state index in [0.717, 1.165) is 65.8 Å². The average Bonchev–Trinajstić information content (AvgIpc) is 3.31. The number of anilines is 1. The van der Waals surface area contributed by atoms with E-state index in [-0.39, 0.29) is 18.3 Å². The summed E-state index contributed by atoms with van der Waals surface area (Å²) in [6.07, 6.45) is 0.873. The fourth-order valence-corrected chi connectivity index (χ4v) is 5.69. The van der Waals surface area contributed by atoms with Gasteiger partial charge in [0.05, 0.1) is 34.1 Å². The van der Waals surface area contributed by atoms with E-state index in [1.165, 1.54) is 22.7 Å². The summed E-state index contributed by atoms with van der Waals surface area (Å²) < 4.78 is 6.47. The zero-order valence-corrected chi connectivity index (χ0v) is 21.0. The maximum Gasteiger partial charge on any atom is 0.272 e. The normalized spacial score (nSPS) is 14.6. The molecule has 168 valence electrons. The van der Waals surface area contributed by atoms with Crippen LogP contribution in [0.3, 0.4) is 0 Å². The number of thiazole rings is 2. The summed E-state index contributed by atoms with van der Waals surface area (Å²) in [7, 11) is 0. The lowest BCUT2D eigenvalue weighted by Crippen LogP contribution is -2.39. The number of aryl methyl sites for hydroxylation is 3. The zero-order chi connectivity index (χ0) is 21.3. The summed E-state index contributed by atoms with van der Waals surface area (Å²) >= 11 is 9.27. The summed E-state index contributed by atoms with van der Waals surface area (Å²) in [6, 6.07) is 3.87. The van der Waals surface area contributed by atoms with Crippen LogP contribution in [0.4, 0.5) is 5.13 Å². The molecule has 0 N–H and O–H groups in total. The molecule has 1 aliphatic rings. The third kappa shape index (κ3) is 5.38. The molecule has 0 radical (unpaired) electrons. The van der Waals surface area contributed by atoms with Gasteiger partial charge in [-0.3, -0.25) is 14.6 Å². The van der Waals surface area contributed by atoms with E-state index < -0.39 is 0 Å². The van der Waals surface area contributed by atoms with Crippen LogP contribution >= 0.6 is 46.7 Å². The molecule has 0 atom stereocenters. The molecule has 3 aromatic rings. The van der Waals surface area contributed by atoms with Gasteiger partial charge in [-0.2, -0.15) is 0 Å². The van der Waals surface area contributed by atoms with Gasteiger partial charge in [0.1, 0.15) is 4.88 Å². The van der Waals surface area contributed by atoms with E-state index in [9.17, 15) is 4.79 Å². The first-order valence-corrected chi connectivity index (χ1v) is 12.1. The van der Waals surface area contributed by atoms with Crippen LogP contribution in [0.2, 0.25) is 5.02 Å². The highest BCUT2D eigenvalue weighted by molar-refractivity contribution is 7.22. The Labute approximate surface area is 201 Å². The summed E-state index contributed by atoms with van der Waals surface area (Å²) in [5.74, 6) is -0.0251. The van der Waals surface area contributed by atoms with Crippen molar-refractivity contribution in [2.45, 2.75) is 27.2 Å². The minimum atomic E-state index is -0.0251. The van der Waals surface area contributed by atoms with Crippen LogP contribution in [0.25, 0.3) is 10.2 Å². The molecule has 6 nitrogen and oxygen atoms in total. The molecule has 1 aliphatic heterocycles. The lowest BCUT2D eigenvalue weighted by Gasteiger charge is -2.27. The Kier molecular flexibility index (Phi) is 8.29. The number of fused-ring (bicyclic) bond motifs is 1. The number of amides is 1. The van der Waals surface area contributed by atoms with Crippen molar-refractivity contribution in [3.8, 4) is 0 Å². The molecular formula is C21H26Cl2N4O2S2. The third-order valence-electron chi connectivity index (χ3n) is 5.27. The highest BCUT2D eigenvalue weighted by Crippen LogP contribution is 2.35. The number of hydrogen-bond acceptors (Lipinski definition) is 7. The minimum Gasteiger partial charge on any atom is -0.379 e. The smallest absolute Gasteiger partial charge is 0.272 e. The number of morpholine rings is 1. The van der Waals surface area contributed by atoms with Crippen LogP contribution in [0, 0.1) is 20.8 Å². The predicted molar refractivity (Wildman–Crippen MR) is 132 cm³/mol. The number of benzene rings is 1. The Bertz CT molecular complexity index is 1060. The van der Waals surface area contributed by atoms with E-state index in [0.29, 0.717) is 21.6 Å². The van der Waals surface area contributed by atoms with Crippen molar-refractivity contribution in [3.63, 3.8) is 0 Å². The van der Waals surface area contributed by atoms with Gasteiger partial charge < -0.3 is 4.74 Å². The van der Waals surface area contributed by atoms with Gasteiger partial charge in [-0.1, -0.05) is 22.9 Å². The number of rotatable bonds is 6. The number of carbonyl (C=O) groups excluding carboxylic acids is 1. The number of aromatic nitrogens is 2. The fraction of sp³-hybridized carbons (Fsp3) is 0.476. The fourth-order valence-electron chi connectivity index (χ4n) is 3.62. The molecule has 0 spiro atoms. The van der Waals surface area contributed by atoms with Gasteiger partial charge in [0, 0.05) is 31.2 Å². The largest absolute Gasteiger partial charge is 0.379 e. The van der Waals surface area contributed by atoms with Gasteiger partial charge in [-0.25, -0.2) is 9.97 Å². The van der Waals surface area contributed by atoms with E-state index in [2.05, 4.69) is 9.88 Å². The van der Waals surface area contributed by atoms with Crippen molar-refractivity contribution in [3.05, 3.63) is 38.3 Å². The lowest BCUT2D eigenvalue weighted by atomic mass is 10.2. The first-order valence-electron chi connectivity index (χ1n) is 10.1. The molecule has 10 heteroatoms. The van der Waals surface area contributed by atoms with Gasteiger partial charge in [0.25, 0.3) is 5.91 Å². The Morgan fingerprint density at radius 3 is 2.61 bits per heavy atom. The second kappa shape index (κ2) is 10.6. The monoisotopic (exact) mass is 500 g/mol. The molecule has 3 heterocycles. The van der Waals surface area contributed by atoms with Crippen LogP contribution in [-0.4, -0.2) is 60.2 Å². The Hall–Kier alpha value is -1.29. The second-order valence-electron chi connectivity index (χ2n) is 7.43. The van der Waals surface area contributed by atoms with Crippen molar-refractivity contribution in [1.29, 1.82) is 0 Å². The van der Waals surface area contributed by atoms with Crippen molar-refractivity contribution in [1.82, 2.24) is 14.9 Å². The number of hydrogen-bond donors (Lipinski definition) is 0. The molecule has 1 fully saturated rings. The average molecular weight is 502 g/mol. The van der Waals surface area contributed by atoms with Gasteiger partial charge in [-0.05, 0) is 44.9 Å². The molecular weight excluding hydrogens is 475 g/mol. The van der Waals surface area contributed by atoms with Crippen molar-refractivity contribution >= 4 is 67.9 Å². The third-order valence-corrected chi connectivity index (χ3v) is 7.78. The molecule has 0 unspecified atom stereocenters. The van der Waals surface area contributed by atoms with Crippen molar-refractivity contribution in [2.24, 2.45) is 0 Å². The first-order chi connectivity index (χ1) is 14.4. The Morgan fingerprint density at radius 1 is 1.19 bits per heavy atom. The van der Waals surface area contributed by atoms with Gasteiger partial charge >= 0.3 is 0 Å². The minimum absolute atomic E-state index is 0. The first kappa shape index (κ1) is 24.4. The summed E-state index contributed by atoms with van der Waals surface area (Å²) in [4.78, 5) is 27.6. The summed E-state index contributed by atoms with van der Waals surface area (Å²) in [5, 5.41) is 2.31. The number of nitrogens with zero attached hydrogens (tertiary/aromatic N) is 4. The van der Waals surface area contributed by atoms with Crippen LogP contribution in [0.5, 0.6) is 0 Å². The molecule has 1 saturated heterocycles. The van der Waals surface area contributed by atoms with Crippen LogP contribution in [0.15, 0.2) is 12.1 Å². The molecule has 4 rings (SSSR count). The van der Waals surface area contributed by atoms with Gasteiger partial charge in [0.15, 0.2) is 5.13 Å². The topological polar surface area (TPSA) is 58.6 Å². The number of ether oxygens (including phenoxy) is 1. The summed E-state index contributed by atoms with van der Waals surface area (Å²) in [5.41, 5.74) is 2.59. The maximum absolute atomic E-state index is 13.5.